The number of nitrogens with one attached hydrogen (secondary N) is 1. The topological polar surface area (TPSA) is 134 Å². The minimum absolute atomic E-state index is 0.00836. The first-order valence-electron chi connectivity index (χ1n) is 12.4. The number of aromatic nitrogens is 6. The molecule has 1 unspecified atom stereocenters. The standard InChI is InChI=1S/C27H25FN8O2/c1-3-21(25-33-20-11-6-16(28)12-19(20)27(38)35(25)18-9-10-18)36-26-22(24(29)30-13-31-26)23(34-36)15-4-7-17(8-5-15)32-14(2)37/h4-8,11-13,18,21H,3,9-10H2,1-2H3,(H,32,37)(H2,29,30,31). The first-order chi connectivity index (χ1) is 18.4. The van der Waals surface area contributed by atoms with Gasteiger partial charge >= 0.3 is 0 Å². The number of anilines is 2. The van der Waals surface area contributed by atoms with Crippen LogP contribution in [0.25, 0.3) is 33.2 Å². The number of benzene rings is 2. The lowest BCUT2D eigenvalue weighted by Crippen LogP contribution is -2.29. The molecule has 192 valence electrons. The second-order valence-electron chi connectivity index (χ2n) is 9.47. The van der Waals surface area contributed by atoms with Crippen molar-refractivity contribution >= 4 is 39.3 Å². The first kappa shape index (κ1) is 23.7. The van der Waals surface area contributed by atoms with Crippen LogP contribution in [0.4, 0.5) is 15.9 Å². The van der Waals surface area contributed by atoms with Crippen molar-refractivity contribution in [3.05, 3.63) is 70.8 Å². The van der Waals surface area contributed by atoms with Crippen LogP contribution in [-0.2, 0) is 4.79 Å². The largest absolute Gasteiger partial charge is 0.383 e. The lowest BCUT2D eigenvalue weighted by molar-refractivity contribution is -0.114. The van der Waals surface area contributed by atoms with Crippen LogP contribution in [0.1, 0.15) is 51.0 Å². The van der Waals surface area contributed by atoms with Gasteiger partial charge in [0.05, 0.1) is 16.3 Å². The van der Waals surface area contributed by atoms with Crippen LogP contribution in [0, 0.1) is 5.82 Å². The summed E-state index contributed by atoms with van der Waals surface area (Å²) in [5.74, 6) is 0.188. The van der Waals surface area contributed by atoms with Crippen LogP contribution < -0.4 is 16.6 Å². The fraction of sp³-hybridized carbons (Fsp3) is 0.259. The maximum atomic E-state index is 14.0. The normalized spacial score (nSPS) is 14.2. The van der Waals surface area contributed by atoms with Gasteiger partial charge in [0, 0.05) is 24.2 Å². The third-order valence-corrected chi connectivity index (χ3v) is 6.78. The highest BCUT2D eigenvalue weighted by atomic mass is 19.1. The fourth-order valence-corrected chi connectivity index (χ4v) is 4.90. The average molecular weight is 513 g/mol. The van der Waals surface area contributed by atoms with Crippen molar-refractivity contribution in [2.45, 2.75) is 45.2 Å². The Morgan fingerprint density at radius 1 is 1.18 bits per heavy atom. The van der Waals surface area contributed by atoms with Gasteiger partial charge in [0.25, 0.3) is 5.56 Å². The van der Waals surface area contributed by atoms with E-state index in [4.69, 9.17) is 15.8 Å². The third kappa shape index (κ3) is 3.96. The zero-order chi connectivity index (χ0) is 26.6. The predicted octanol–water partition coefficient (Wildman–Crippen LogP) is 4.22. The molecule has 1 saturated carbocycles. The maximum absolute atomic E-state index is 14.0. The van der Waals surface area contributed by atoms with Crippen molar-refractivity contribution in [1.82, 2.24) is 29.3 Å². The molecule has 0 bridgehead atoms. The van der Waals surface area contributed by atoms with Crippen LogP contribution in [0.2, 0.25) is 0 Å². The molecule has 38 heavy (non-hydrogen) atoms. The molecular weight excluding hydrogens is 487 g/mol. The fourth-order valence-electron chi connectivity index (χ4n) is 4.90. The van der Waals surface area contributed by atoms with E-state index >= 15 is 0 Å². The highest BCUT2D eigenvalue weighted by Gasteiger charge is 2.33. The van der Waals surface area contributed by atoms with Crippen molar-refractivity contribution < 1.29 is 9.18 Å². The highest BCUT2D eigenvalue weighted by molar-refractivity contribution is 5.98. The van der Waals surface area contributed by atoms with E-state index in [2.05, 4.69) is 15.3 Å². The number of rotatable bonds is 6. The van der Waals surface area contributed by atoms with E-state index in [1.807, 2.05) is 19.1 Å². The summed E-state index contributed by atoms with van der Waals surface area (Å²) in [5.41, 5.74) is 9.00. The van der Waals surface area contributed by atoms with E-state index < -0.39 is 11.9 Å². The Morgan fingerprint density at radius 3 is 2.63 bits per heavy atom. The van der Waals surface area contributed by atoms with Gasteiger partial charge in [0.2, 0.25) is 5.91 Å². The zero-order valence-corrected chi connectivity index (χ0v) is 20.8. The first-order valence-corrected chi connectivity index (χ1v) is 12.4. The molecule has 3 N–H and O–H groups in total. The Morgan fingerprint density at radius 2 is 1.95 bits per heavy atom. The van der Waals surface area contributed by atoms with E-state index in [0.717, 1.165) is 18.4 Å². The number of carbonyl (C=O) groups is 1. The molecule has 10 nitrogen and oxygen atoms in total. The number of hydrogen-bond acceptors (Lipinski definition) is 7. The minimum Gasteiger partial charge on any atom is -0.383 e. The molecule has 5 aromatic rings. The maximum Gasteiger partial charge on any atom is 0.261 e. The molecule has 6 rings (SSSR count). The molecule has 0 spiro atoms. The van der Waals surface area contributed by atoms with Crippen molar-refractivity contribution in [2.75, 3.05) is 11.1 Å². The van der Waals surface area contributed by atoms with Crippen LogP contribution in [0.3, 0.4) is 0 Å². The number of hydrogen-bond donors (Lipinski definition) is 2. The van der Waals surface area contributed by atoms with Crippen molar-refractivity contribution in [3.63, 3.8) is 0 Å². The second-order valence-corrected chi connectivity index (χ2v) is 9.47. The van der Waals surface area contributed by atoms with Crippen molar-refractivity contribution in [1.29, 1.82) is 0 Å². The minimum atomic E-state index is -0.474. The third-order valence-electron chi connectivity index (χ3n) is 6.78. The van der Waals surface area contributed by atoms with Crippen molar-refractivity contribution in [3.8, 4) is 11.3 Å². The molecule has 11 heteroatoms. The molecule has 2 aromatic carbocycles. The summed E-state index contributed by atoms with van der Waals surface area (Å²) >= 11 is 0. The Kier molecular flexibility index (Phi) is 5.63. The Balaban J connectivity index is 1.56. The van der Waals surface area contributed by atoms with Crippen molar-refractivity contribution in [2.24, 2.45) is 0 Å². The summed E-state index contributed by atoms with van der Waals surface area (Å²) in [4.78, 5) is 38.5. The van der Waals surface area contributed by atoms with E-state index in [0.29, 0.717) is 40.2 Å². The Labute approximate surface area is 216 Å². The molecule has 1 fully saturated rings. The lowest BCUT2D eigenvalue weighted by atomic mass is 10.1. The molecule has 1 amide bonds. The number of amides is 1. The van der Waals surface area contributed by atoms with E-state index in [1.54, 1.807) is 21.4 Å². The molecule has 0 aliphatic heterocycles. The van der Waals surface area contributed by atoms with Crippen LogP contribution in [0.15, 0.2) is 53.6 Å². The second kappa shape index (κ2) is 9.02. The molecule has 1 aliphatic carbocycles. The van der Waals surface area contributed by atoms with Gasteiger partial charge in [-0.05, 0) is 49.6 Å². The zero-order valence-electron chi connectivity index (χ0n) is 20.8. The predicted molar refractivity (Wildman–Crippen MR) is 142 cm³/mol. The lowest BCUT2D eigenvalue weighted by Gasteiger charge is -2.21. The van der Waals surface area contributed by atoms with Gasteiger partial charge in [0.15, 0.2) is 5.65 Å². The number of fused-ring (bicyclic) bond motifs is 2. The number of nitrogens with zero attached hydrogens (tertiary/aromatic N) is 6. The van der Waals surface area contributed by atoms with E-state index in [9.17, 15) is 14.0 Å². The van der Waals surface area contributed by atoms with E-state index in [-0.39, 0.29) is 28.7 Å². The van der Waals surface area contributed by atoms with Crippen LogP contribution >= 0.6 is 0 Å². The summed E-state index contributed by atoms with van der Waals surface area (Å²) in [6.07, 6.45) is 3.66. The summed E-state index contributed by atoms with van der Waals surface area (Å²) in [6.45, 7) is 3.44. The van der Waals surface area contributed by atoms with Gasteiger partial charge < -0.3 is 11.1 Å². The Hall–Kier alpha value is -4.67. The van der Waals surface area contributed by atoms with Crippen LogP contribution in [0.5, 0.6) is 0 Å². The van der Waals surface area contributed by atoms with Gasteiger partial charge in [-0.3, -0.25) is 14.2 Å². The summed E-state index contributed by atoms with van der Waals surface area (Å²) in [7, 11) is 0. The highest BCUT2D eigenvalue weighted by Crippen LogP contribution is 2.39. The summed E-state index contributed by atoms with van der Waals surface area (Å²) in [6, 6.07) is 10.9. The smallest absolute Gasteiger partial charge is 0.261 e. The average Bonchev–Trinajstić information content (AvgIpc) is 3.66. The van der Waals surface area contributed by atoms with Crippen LogP contribution in [-0.4, -0.2) is 35.2 Å². The summed E-state index contributed by atoms with van der Waals surface area (Å²) < 4.78 is 17.4. The van der Waals surface area contributed by atoms with E-state index in [1.165, 1.54) is 31.5 Å². The molecular formula is C27H25FN8O2. The molecule has 1 atom stereocenters. The molecule has 0 saturated heterocycles. The number of nitrogen functional groups attached to an aromatic ring is 1. The molecule has 3 heterocycles. The SMILES string of the molecule is CCC(c1nc2ccc(F)cc2c(=O)n1C1CC1)n1nc(-c2ccc(NC(C)=O)cc2)c2c(N)ncnc21. The Bertz CT molecular complexity index is 1770. The molecule has 1 aliphatic rings. The molecule has 0 radical (unpaired) electrons. The molecule has 3 aromatic heterocycles. The van der Waals surface area contributed by atoms with Gasteiger partial charge in [0.1, 0.15) is 35.5 Å². The van der Waals surface area contributed by atoms with Gasteiger partial charge in [-0.25, -0.2) is 24.0 Å². The van der Waals surface area contributed by atoms with Gasteiger partial charge in [-0.15, -0.1) is 0 Å². The number of carbonyl (C=O) groups excluding carboxylic acids is 1. The van der Waals surface area contributed by atoms with Gasteiger partial charge in [-0.1, -0.05) is 19.1 Å². The number of halogens is 1. The van der Waals surface area contributed by atoms with Gasteiger partial charge in [-0.2, -0.15) is 5.10 Å². The summed E-state index contributed by atoms with van der Waals surface area (Å²) in [5, 5.41) is 8.53. The monoisotopic (exact) mass is 512 g/mol. The quantitative estimate of drug-likeness (QED) is 0.348. The number of nitrogens with two attached hydrogens (primary N) is 1.